The van der Waals surface area contributed by atoms with Crippen molar-refractivity contribution >= 4 is 17.5 Å². The van der Waals surface area contributed by atoms with Gasteiger partial charge in [-0.05, 0) is 17.5 Å². The molecule has 0 fully saturated rings. The third-order valence-electron chi connectivity index (χ3n) is 3.39. The number of halogens is 1. The summed E-state index contributed by atoms with van der Waals surface area (Å²) in [5.74, 6) is 0.971. The predicted molar refractivity (Wildman–Crippen MR) is 80.5 cm³/mol. The van der Waals surface area contributed by atoms with Gasteiger partial charge in [0.15, 0.2) is 0 Å². The van der Waals surface area contributed by atoms with Crippen molar-refractivity contribution < 1.29 is 5.11 Å². The molecule has 114 valence electrons. The van der Waals surface area contributed by atoms with Gasteiger partial charge in [0.25, 0.3) is 0 Å². The van der Waals surface area contributed by atoms with Gasteiger partial charge in [0, 0.05) is 18.9 Å². The summed E-state index contributed by atoms with van der Waals surface area (Å²) < 4.78 is 1.63. The monoisotopic (exact) mass is 310 g/mol. The van der Waals surface area contributed by atoms with Crippen LogP contribution in [0.25, 0.3) is 5.95 Å². The number of anilines is 1. The van der Waals surface area contributed by atoms with E-state index in [1.54, 1.807) is 23.3 Å². The first-order chi connectivity index (χ1) is 10.1. The summed E-state index contributed by atoms with van der Waals surface area (Å²) >= 11 is 5.90. The van der Waals surface area contributed by atoms with Gasteiger partial charge in [-0.3, -0.25) is 4.57 Å². The molecule has 21 heavy (non-hydrogen) atoms. The number of hydrogen-bond donors (Lipinski definition) is 2. The molecule has 0 aliphatic heterocycles. The van der Waals surface area contributed by atoms with Crippen LogP contribution in [0.3, 0.4) is 0 Å². The minimum Gasteiger partial charge on any atom is -0.391 e. The van der Waals surface area contributed by atoms with E-state index in [4.69, 9.17) is 11.6 Å². The van der Waals surface area contributed by atoms with Gasteiger partial charge in [-0.15, -0.1) is 0 Å². The van der Waals surface area contributed by atoms with Gasteiger partial charge in [0.1, 0.15) is 6.33 Å². The largest absolute Gasteiger partial charge is 0.391 e. The molecule has 0 aliphatic rings. The van der Waals surface area contributed by atoms with Gasteiger partial charge in [-0.25, -0.2) is 4.98 Å². The number of aliphatic hydroxyl groups excluding tert-OH is 1. The maximum absolute atomic E-state index is 10.1. The fourth-order valence-electron chi connectivity index (χ4n) is 2.11. The van der Waals surface area contributed by atoms with Crippen molar-refractivity contribution in [3.63, 3.8) is 0 Å². The van der Waals surface area contributed by atoms with Gasteiger partial charge < -0.3 is 10.4 Å². The van der Waals surface area contributed by atoms with Crippen LogP contribution in [0.5, 0.6) is 0 Å². The minimum absolute atomic E-state index is 0.0909. The highest BCUT2D eigenvalue weighted by atomic mass is 35.5. The summed E-state index contributed by atoms with van der Waals surface area (Å²) in [5, 5.41) is 13.2. The Morgan fingerprint density at radius 2 is 2.05 bits per heavy atom. The number of hydrogen-bond acceptors (Lipinski definition) is 6. The van der Waals surface area contributed by atoms with Crippen LogP contribution in [0.4, 0.5) is 5.95 Å². The molecule has 2 aromatic rings. The van der Waals surface area contributed by atoms with Crippen molar-refractivity contribution in [1.82, 2.24) is 24.5 Å². The van der Waals surface area contributed by atoms with E-state index < -0.39 is 6.10 Å². The van der Waals surface area contributed by atoms with E-state index in [9.17, 15) is 5.11 Å². The number of aromatic nitrogens is 5. The summed E-state index contributed by atoms with van der Waals surface area (Å²) in [7, 11) is 0. The Morgan fingerprint density at radius 1 is 1.29 bits per heavy atom. The maximum atomic E-state index is 10.1. The Kier molecular flexibility index (Phi) is 5.46. The number of rotatable bonds is 7. The molecule has 1 unspecified atom stereocenters. The van der Waals surface area contributed by atoms with Crippen molar-refractivity contribution in [1.29, 1.82) is 0 Å². The highest BCUT2D eigenvalue weighted by Crippen LogP contribution is 2.14. The Labute approximate surface area is 128 Å². The van der Waals surface area contributed by atoms with Crippen LogP contribution in [-0.2, 0) is 0 Å². The molecule has 0 aliphatic carbocycles. The van der Waals surface area contributed by atoms with E-state index in [-0.39, 0.29) is 11.2 Å². The topological polar surface area (TPSA) is 88.8 Å². The first kappa shape index (κ1) is 15.7. The molecule has 7 nitrogen and oxygen atoms in total. The van der Waals surface area contributed by atoms with E-state index in [1.807, 2.05) is 0 Å². The van der Waals surface area contributed by atoms with Crippen LogP contribution in [0.1, 0.15) is 26.7 Å². The van der Waals surface area contributed by atoms with Gasteiger partial charge in [0.05, 0.1) is 6.10 Å². The zero-order valence-corrected chi connectivity index (χ0v) is 12.8. The second-order valence-electron chi connectivity index (χ2n) is 4.72. The molecule has 0 saturated heterocycles. The SMILES string of the molecule is CCC(CC)C(O)CNc1nc(Cl)nc(-n2ccnc2)n1. The lowest BCUT2D eigenvalue weighted by Crippen LogP contribution is -2.28. The van der Waals surface area contributed by atoms with Crippen LogP contribution < -0.4 is 5.32 Å². The van der Waals surface area contributed by atoms with Crippen molar-refractivity contribution in [2.45, 2.75) is 32.8 Å². The zero-order valence-electron chi connectivity index (χ0n) is 12.1. The molecular weight excluding hydrogens is 292 g/mol. The van der Waals surface area contributed by atoms with E-state index in [0.29, 0.717) is 18.4 Å². The second kappa shape index (κ2) is 7.33. The molecule has 0 radical (unpaired) electrons. The molecule has 1 atom stereocenters. The molecule has 2 rings (SSSR count). The Balaban J connectivity index is 2.07. The van der Waals surface area contributed by atoms with Gasteiger partial charge in [-0.1, -0.05) is 26.7 Å². The van der Waals surface area contributed by atoms with Crippen molar-refractivity contribution in [2.75, 3.05) is 11.9 Å². The number of nitrogens with zero attached hydrogens (tertiary/aromatic N) is 5. The minimum atomic E-state index is -0.452. The van der Waals surface area contributed by atoms with Crippen molar-refractivity contribution in [3.8, 4) is 5.95 Å². The molecule has 0 spiro atoms. The summed E-state index contributed by atoms with van der Waals surface area (Å²) in [5.41, 5.74) is 0. The summed E-state index contributed by atoms with van der Waals surface area (Å²) in [4.78, 5) is 16.2. The lowest BCUT2D eigenvalue weighted by atomic mass is 9.97. The van der Waals surface area contributed by atoms with Crippen LogP contribution in [0.2, 0.25) is 5.28 Å². The predicted octanol–water partition coefficient (Wildman–Crippen LogP) is 1.92. The summed E-state index contributed by atoms with van der Waals surface area (Å²) in [6.07, 6.45) is 6.33. The molecule has 0 bridgehead atoms. The van der Waals surface area contributed by atoms with Gasteiger partial charge >= 0.3 is 0 Å². The average molecular weight is 311 g/mol. The standard InChI is InChI=1S/C13H19ClN6O/c1-3-9(4-2)10(21)7-16-12-17-11(14)18-13(19-12)20-6-5-15-8-20/h5-6,8-10,21H,3-4,7H2,1-2H3,(H,16,17,18,19). The van der Waals surface area contributed by atoms with E-state index in [2.05, 4.69) is 39.1 Å². The summed E-state index contributed by atoms with van der Waals surface area (Å²) in [6, 6.07) is 0. The molecular formula is C13H19ClN6O. The van der Waals surface area contributed by atoms with Crippen LogP contribution >= 0.6 is 11.6 Å². The third kappa shape index (κ3) is 4.12. The molecule has 8 heteroatoms. The highest BCUT2D eigenvalue weighted by Gasteiger charge is 2.16. The average Bonchev–Trinajstić information content (AvgIpc) is 3.00. The first-order valence-corrected chi connectivity index (χ1v) is 7.33. The van der Waals surface area contributed by atoms with Crippen LogP contribution in [-0.4, -0.2) is 42.3 Å². The third-order valence-corrected chi connectivity index (χ3v) is 3.56. The Morgan fingerprint density at radius 3 is 2.67 bits per heavy atom. The lowest BCUT2D eigenvalue weighted by molar-refractivity contribution is 0.114. The lowest BCUT2D eigenvalue weighted by Gasteiger charge is -2.20. The second-order valence-corrected chi connectivity index (χ2v) is 5.06. The van der Waals surface area contributed by atoms with E-state index >= 15 is 0 Å². The van der Waals surface area contributed by atoms with Crippen molar-refractivity contribution in [2.24, 2.45) is 5.92 Å². The molecule has 0 amide bonds. The van der Waals surface area contributed by atoms with E-state index in [0.717, 1.165) is 12.8 Å². The number of imidazole rings is 1. The molecule has 0 aromatic carbocycles. The highest BCUT2D eigenvalue weighted by molar-refractivity contribution is 6.28. The number of nitrogens with one attached hydrogen (secondary N) is 1. The molecule has 2 heterocycles. The summed E-state index contributed by atoms with van der Waals surface area (Å²) in [6.45, 7) is 4.50. The Hall–Kier alpha value is -1.73. The Bertz CT molecular complexity index is 558. The molecule has 2 N–H and O–H groups in total. The van der Waals surface area contributed by atoms with E-state index in [1.165, 1.54) is 0 Å². The smallest absolute Gasteiger partial charge is 0.241 e. The number of aliphatic hydroxyl groups is 1. The van der Waals surface area contributed by atoms with Gasteiger partial charge in [0.2, 0.25) is 17.2 Å². The fraction of sp³-hybridized carbons (Fsp3) is 0.538. The maximum Gasteiger partial charge on any atom is 0.241 e. The normalized spacial score (nSPS) is 12.6. The molecule has 2 aromatic heterocycles. The van der Waals surface area contributed by atoms with Gasteiger partial charge in [-0.2, -0.15) is 15.0 Å². The first-order valence-electron chi connectivity index (χ1n) is 6.95. The fourth-order valence-corrected chi connectivity index (χ4v) is 2.26. The zero-order chi connectivity index (χ0) is 15.2. The molecule has 0 saturated carbocycles. The van der Waals surface area contributed by atoms with Crippen LogP contribution in [0, 0.1) is 5.92 Å². The van der Waals surface area contributed by atoms with Crippen molar-refractivity contribution in [3.05, 3.63) is 24.0 Å². The quantitative estimate of drug-likeness (QED) is 0.812. The van der Waals surface area contributed by atoms with Crippen LogP contribution in [0.15, 0.2) is 18.7 Å².